The maximum absolute atomic E-state index is 13.0. The van der Waals surface area contributed by atoms with Crippen LogP contribution in [0.3, 0.4) is 0 Å². The summed E-state index contributed by atoms with van der Waals surface area (Å²) in [5.41, 5.74) is 4.70. The Balaban J connectivity index is 1.83. The van der Waals surface area contributed by atoms with Gasteiger partial charge in [-0.05, 0) is 25.0 Å². The van der Waals surface area contributed by atoms with Crippen LogP contribution in [0, 0.1) is 0 Å². The van der Waals surface area contributed by atoms with Crippen LogP contribution in [0.25, 0.3) is 43.6 Å². The number of hydrogen-bond acceptors (Lipinski definition) is 3. The second kappa shape index (κ2) is 5.49. The summed E-state index contributed by atoms with van der Waals surface area (Å²) in [7, 11) is 0. The van der Waals surface area contributed by atoms with Crippen molar-refractivity contribution in [2.24, 2.45) is 0 Å². The summed E-state index contributed by atoms with van der Waals surface area (Å²) in [5, 5.41) is 6.06. The number of aromatic amines is 1. The quantitative estimate of drug-likeness (QED) is 0.407. The summed E-state index contributed by atoms with van der Waals surface area (Å²) < 4.78 is 8.30. The first-order valence-electron chi connectivity index (χ1n) is 10.2. The van der Waals surface area contributed by atoms with Crippen LogP contribution in [-0.4, -0.2) is 28.0 Å². The number of ether oxygens (including phenoxy) is 1. The van der Waals surface area contributed by atoms with Crippen molar-refractivity contribution in [2.75, 3.05) is 6.61 Å². The van der Waals surface area contributed by atoms with E-state index in [-0.39, 0.29) is 18.0 Å². The average molecular weight is 395 g/mol. The Bertz CT molecular complexity index is 1570. The fourth-order valence-electron chi connectivity index (χ4n) is 5.34. The number of para-hydroxylation sites is 2. The number of fused-ring (bicyclic) bond motifs is 10. The van der Waals surface area contributed by atoms with Gasteiger partial charge in [0.15, 0.2) is 0 Å². The minimum atomic E-state index is -0.333. The number of hydrogen-bond donors (Lipinski definition) is 2. The number of imide groups is 1. The molecule has 0 saturated carbocycles. The normalized spacial score (nSPS) is 18.9. The van der Waals surface area contributed by atoms with Gasteiger partial charge in [-0.25, -0.2) is 0 Å². The van der Waals surface area contributed by atoms with Gasteiger partial charge in [0.25, 0.3) is 11.8 Å². The number of H-pyrrole nitrogens is 1. The van der Waals surface area contributed by atoms with Crippen LogP contribution < -0.4 is 5.32 Å². The second-order valence-electron chi connectivity index (χ2n) is 8.03. The molecule has 4 heterocycles. The summed E-state index contributed by atoms with van der Waals surface area (Å²) >= 11 is 0. The molecular formula is C24H17N3O3. The highest BCUT2D eigenvalue weighted by Crippen LogP contribution is 2.45. The maximum atomic E-state index is 13.0. The van der Waals surface area contributed by atoms with Gasteiger partial charge in [-0.3, -0.25) is 14.9 Å². The number of benzene rings is 3. The van der Waals surface area contributed by atoms with Crippen LogP contribution in [0.5, 0.6) is 0 Å². The van der Waals surface area contributed by atoms with E-state index in [0.29, 0.717) is 11.1 Å². The Morgan fingerprint density at radius 1 is 0.900 bits per heavy atom. The van der Waals surface area contributed by atoms with Crippen LogP contribution in [-0.2, 0) is 4.74 Å². The molecule has 2 aliphatic rings. The zero-order valence-corrected chi connectivity index (χ0v) is 16.0. The monoisotopic (exact) mass is 395 g/mol. The summed E-state index contributed by atoms with van der Waals surface area (Å²) in [6.45, 7) is 0.721. The van der Waals surface area contributed by atoms with Crippen LogP contribution in [0.4, 0.5) is 0 Å². The lowest BCUT2D eigenvalue weighted by atomic mass is 9.97. The molecule has 2 aromatic heterocycles. The van der Waals surface area contributed by atoms with Gasteiger partial charge >= 0.3 is 0 Å². The van der Waals surface area contributed by atoms with E-state index in [1.807, 2.05) is 42.5 Å². The predicted molar refractivity (Wildman–Crippen MR) is 115 cm³/mol. The molecule has 2 aliphatic heterocycles. The summed E-state index contributed by atoms with van der Waals surface area (Å²) in [6.07, 6.45) is 1.82. The van der Waals surface area contributed by atoms with Crippen molar-refractivity contribution < 1.29 is 14.3 Å². The molecule has 30 heavy (non-hydrogen) atoms. The molecule has 6 nitrogen and oxygen atoms in total. The van der Waals surface area contributed by atoms with Crippen LogP contribution in [0.15, 0.2) is 48.5 Å². The minimum Gasteiger partial charge on any atom is -0.358 e. The van der Waals surface area contributed by atoms with Gasteiger partial charge in [-0.2, -0.15) is 0 Å². The summed E-state index contributed by atoms with van der Waals surface area (Å²) in [4.78, 5) is 29.4. The van der Waals surface area contributed by atoms with Gasteiger partial charge in [0.05, 0.1) is 27.7 Å². The van der Waals surface area contributed by atoms with E-state index in [1.54, 1.807) is 0 Å². The largest absolute Gasteiger partial charge is 0.358 e. The first kappa shape index (κ1) is 16.2. The second-order valence-corrected chi connectivity index (χ2v) is 8.03. The van der Waals surface area contributed by atoms with E-state index in [4.69, 9.17) is 4.74 Å². The first-order valence-corrected chi connectivity index (χ1v) is 10.2. The summed E-state index contributed by atoms with van der Waals surface area (Å²) in [5.74, 6) is -0.664. The van der Waals surface area contributed by atoms with Gasteiger partial charge in [-0.1, -0.05) is 36.4 Å². The third-order valence-corrected chi connectivity index (χ3v) is 6.48. The van der Waals surface area contributed by atoms with E-state index in [0.717, 1.165) is 63.1 Å². The topological polar surface area (TPSA) is 76.1 Å². The van der Waals surface area contributed by atoms with Crippen LogP contribution >= 0.6 is 0 Å². The number of rotatable bonds is 1. The molecule has 146 valence electrons. The molecule has 5 aromatic rings. The van der Waals surface area contributed by atoms with Crippen molar-refractivity contribution in [3.05, 3.63) is 59.7 Å². The van der Waals surface area contributed by atoms with Gasteiger partial charge in [0.1, 0.15) is 6.23 Å². The minimum absolute atomic E-state index is 0.0970. The molecule has 1 saturated heterocycles. The van der Waals surface area contributed by atoms with E-state index in [9.17, 15) is 9.59 Å². The van der Waals surface area contributed by atoms with Crippen molar-refractivity contribution in [3.8, 4) is 0 Å². The Morgan fingerprint density at radius 2 is 1.63 bits per heavy atom. The lowest BCUT2D eigenvalue weighted by Gasteiger charge is -2.16. The fourth-order valence-corrected chi connectivity index (χ4v) is 5.34. The maximum Gasteiger partial charge on any atom is 0.259 e. The third kappa shape index (κ3) is 1.82. The smallest absolute Gasteiger partial charge is 0.259 e. The number of nitrogens with zero attached hydrogens (tertiary/aromatic N) is 1. The zero-order chi connectivity index (χ0) is 20.0. The van der Waals surface area contributed by atoms with Gasteiger partial charge < -0.3 is 14.3 Å². The number of aromatic nitrogens is 2. The Hall–Kier alpha value is -3.64. The lowest BCUT2D eigenvalue weighted by Crippen LogP contribution is -2.20. The average Bonchev–Trinajstić information content (AvgIpc) is 3.51. The molecular weight excluding hydrogens is 378 g/mol. The highest BCUT2D eigenvalue weighted by atomic mass is 16.5. The first-order chi connectivity index (χ1) is 14.7. The Labute approximate surface area is 170 Å². The zero-order valence-electron chi connectivity index (χ0n) is 16.0. The van der Waals surface area contributed by atoms with Crippen LogP contribution in [0.1, 0.15) is 39.8 Å². The Morgan fingerprint density at radius 3 is 2.43 bits per heavy atom. The molecule has 7 rings (SSSR count). The van der Waals surface area contributed by atoms with Gasteiger partial charge in [-0.15, -0.1) is 0 Å². The standard InChI is InChI=1S/C24H17N3O3/c28-23-19-17-12-6-1-3-8-14(12)25-21(17)22-18(20(19)24(29)26-23)13-7-2-4-9-15(13)27(22)16-10-5-11-30-16/h1-4,6-9,16,25H,5,10-11H2,(H,26,28,29)/t16-/m0/s1. The van der Waals surface area contributed by atoms with Crippen molar-refractivity contribution in [1.29, 1.82) is 0 Å². The molecule has 0 bridgehead atoms. The highest BCUT2D eigenvalue weighted by Gasteiger charge is 2.36. The molecule has 2 N–H and O–H groups in total. The predicted octanol–water partition coefficient (Wildman–Crippen LogP) is 4.62. The van der Waals surface area contributed by atoms with E-state index in [1.165, 1.54) is 0 Å². The number of carbonyl (C=O) groups excluding carboxylic acids is 2. The molecule has 6 heteroatoms. The lowest BCUT2D eigenvalue weighted by molar-refractivity contribution is 0.0634. The molecule has 0 radical (unpaired) electrons. The highest BCUT2D eigenvalue weighted by molar-refractivity contribution is 6.39. The van der Waals surface area contributed by atoms with Crippen LogP contribution in [0.2, 0.25) is 0 Å². The van der Waals surface area contributed by atoms with Crippen molar-refractivity contribution in [2.45, 2.75) is 19.1 Å². The summed E-state index contributed by atoms with van der Waals surface area (Å²) in [6, 6.07) is 16.0. The van der Waals surface area contributed by atoms with Gasteiger partial charge in [0.2, 0.25) is 0 Å². The SMILES string of the molecule is O=C1NC(=O)c2c1c1c3ccccc3[nH]c1c1c2c2ccccc2n1[C@@H]1CCCO1. The third-order valence-electron chi connectivity index (χ3n) is 6.48. The molecule has 3 aromatic carbocycles. The van der Waals surface area contributed by atoms with Crippen molar-refractivity contribution >= 4 is 55.4 Å². The van der Waals surface area contributed by atoms with E-state index < -0.39 is 0 Å². The number of carbonyl (C=O) groups is 2. The fraction of sp³-hybridized carbons (Fsp3) is 0.167. The molecule has 2 amide bonds. The molecule has 0 spiro atoms. The number of nitrogens with one attached hydrogen (secondary N) is 2. The molecule has 1 fully saturated rings. The number of amides is 2. The molecule has 1 atom stereocenters. The Kier molecular flexibility index (Phi) is 2.96. The van der Waals surface area contributed by atoms with E-state index in [2.05, 4.69) is 20.9 Å². The molecule has 0 aliphatic carbocycles. The van der Waals surface area contributed by atoms with Gasteiger partial charge in [0, 0.05) is 33.7 Å². The molecule has 0 unspecified atom stereocenters. The van der Waals surface area contributed by atoms with Crippen molar-refractivity contribution in [1.82, 2.24) is 14.9 Å². The van der Waals surface area contributed by atoms with Crippen molar-refractivity contribution in [3.63, 3.8) is 0 Å². The van der Waals surface area contributed by atoms with E-state index >= 15 is 0 Å².